The van der Waals surface area contributed by atoms with E-state index in [0.29, 0.717) is 0 Å². The number of hydrogen-bond acceptors (Lipinski definition) is 3. The number of aryl methyl sites for hydroxylation is 2. The molecule has 3 aromatic rings. The molecule has 1 unspecified atom stereocenters. The largest absolute Gasteiger partial charge is 0.299 e. The Morgan fingerprint density at radius 1 is 0.844 bits per heavy atom. The summed E-state index contributed by atoms with van der Waals surface area (Å²) in [6.07, 6.45) is 2.10. The average molecular weight is 420 g/mol. The highest BCUT2D eigenvalue weighted by Gasteiger charge is 2.56. The van der Waals surface area contributed by atoms with Gasteiger partial charge in [0.1, 0.15) is 6.17 Å². The molecular formula is C29H29N3. The van der Waals surface area contributed by atoms with Gasteiger partial charge in [0.15, 0.2) is 5.84 Å². The zero-order valence-corrected chi connectivity index (χ0v) is 19.3. The fourth-order valence-electron chi connectivity index (χ4n) is 6.25. The van der Waals surface area contributed by atoms with Crippen LogP contribution >= 0.6 is 0 Å². The van der Waals surface area contributed by atoms with Crippen LogP contribution in [0.2, 0.25) is 0 Å². The lowest BCUT2D eigenvalue weighted by molar-refractivity contribution is 0.289. The molecule has 0 aliphatic carbocycles. The molecule has 0 bridgehead atoms. The Balaban J connectivity index is 1.71. The summed E-state index contributed by atoms with van der Waals surface area (Å²) in [7, 11) is 0. The summed E-state index contributed by atoms with van der Waals surface area (Å²) in [5.41, 5.74) is 11.1. The third-order valence-electron chi connectivity index (χ3n) is 7.80. The number of amidine groups is 1. The quantitative estimate of drug-likeness (QED) is 0.450. The molecule has 3 nitrogen and oxygen atoms in total. The number of fused-ring (bicyclic) bond motifs is 3. The number of rotatable bonds is 3. The first-order valence-corrected chi connectivity index (χ1v) is 11.7. The van der Waals surface area contributed by atoms with Crippen LogP contribution in [0.3, 0.4) is 0 Å². The predicted octanol–water partition coefficient (Wildman–Crippen LogP) is 7.13. The van der Waals surface area contributed by atoms with Crippen LogP contribution in [-0.4, -0.2) is 12.0 Å². The van der Waals surface area contributed by atoms with Gasteiger partial charge in [0.2, 0.25) is 0 Å². The van der Waals surface area contributed by atoms with Crippen molar-refractivity contribution >= 4 is 22.8 Å². The van der Waals surface area contributed by atoms with Crippen molar-refractivity contribution in [3.05, 3.63) is 89.5 Å². The van der Waals surface area contributed by atoms with E-state index >= 15 is 0 Å². The smallest absolute Gasteiger partial charge is 0.163 e. The second-order valence-corrected chi connectivity index (χ2v) is 9.45. The van der Waals surface area contributed by atoms with Gasteiger partial charge in [-0.2, -0.15) is 5.10 Å². The number of hydrazone groups is 1. The van der Waals surface area contributed by atoms with Crippen LogP contribution in [0, 0.1) is 19.3 Å². The van der Waals surface area contributed by atoms with Crippen LogP contribution < -0.4 is 9.91 Å². The highest BCUT2D eigenvalue weighted by atomic mass is 15.6. The Labute approximate surface area is 190 Å². The van der Waals surface area contributed by atoms with Crippen molar-refractivity contribution in [3.63, 3.8) is 0 Å². The van der Waals surface area contributed by atoms with E-state index in [1.54, 1.807) is 0 Å². The third-order valence-corrected chi connectivity index (χ3v) is 7.80. The Bertz CT molecular complexity index is 1290. The summed E-state index contributed by atoms with van der Waals surface area (Å²) in [5, 5.41) is 7.64. The predicted molar refractivity (Wildman–Crippen MR) is 135 cm³/mol. The second kappa shape index (κ2) is 6.59. The Morgan fingerprint density at radius 3 is 2.16 bits per heavy atom. The molecule has 0 fully saturated rings. The van der Waals surface area contributed by atoms with E-state index in [1.807, 2.05) is 0 Å². The molecule has 0 spiro atoms. The normalized spacial score (nSPS) is 19.6. The van der Waals surface area contributed by atoms with E-state index in [4.69, 9.17) is 11.7 Å². The molecule has 32 heavy (non-hydrogen) atoms. The molecule has 0 saturated carbocycles. The first kappa shape index (κ1) is 19.4. The lowest BCUT2D eigenvalue weighted by Gasteiger charge is -2.52. The number of hydrogen-bond donors (Lipinski definition) is 0. The van der Waals surface area contributed by atoms with Crippen LogP contribution in [0.5, 0.6) is 0 Å². The maximum Gasteiger partial charge on any atom is 0.163 e. The van der Waals surface area contributed by atoms with Crippen molar-refractivity contribution in [2.45, 2.75) is 46.7 Å². The monoisotopic (exact) mass is 419 g/mol. The van der Waals surface area contributed by atoms with Gasteiger partial charge in [0.05, 0.1) is 11.4 Å². The number of anilines is 2. The first-order valence-electron chi connectivity index (χ1n) is 11.7. The highest BCUT2D eigenvalue weighted by Crippen LogP contribution is 2.59. The van der Waals surface area contributed by atoms with E-state index in [-0.39, 0.29) is 11.6 Å². The molecule has 0 aromatic heterocycles. The van der Waals surface area contributed by atoms with E-state index in [2.05, 4.69) is 98.3 Å². The van der Waals surface area contributed by atoms with Gasteiger partial charge in [0, 0.05) is 22.1 Å². The molecule has 0 saturated heterocycles. The van der Waals surface area contributed by atoms with Crippen molar-refractivity contribution in [1.29, 1.82) is 0 Å². The highest BCUT2D eigenvalue weighted by molar-refractivity contribution is 6.23. The van der Waals surface area contributed by atoms with E-state index < -0.39 is 0 Å². The molecule has 1 atom stereocenters. The summed E-state index contributed by atoms with van der Waals surface area (Å²) in [4.78, 5) is 2.52. The maximum absolute atomic E-state index is 5.35. The zero-order valence-electron chi connectivity index (χ0n) is 19.3. The summed E-state index contributed by atoms with van der Waals surface area (Å²) >= 11 is 0. The molecule has 6 rings (SSSR count). The van der Waals surface area contributed by atoms with Gasteiger partial charge in [-0.05, 0) is 61.1 Å². The molecule has 160 valence electrons. The molecule has 3 heterocycles. The van der Waals surface area contributed by atoms with Crippen LogP contribution in [0.1, 0.15) is 48.9 Å². The summed E-state index contributed by atoms with van der Waals surface area (Å²) in [6, 6.07) is 22.2. The molecular weight excluding hydrogens is 390 g/mol. The molecule has 0 N–H and O–H groups in total. The standard InChI is InChI=1S/C29H29N3/c1-6-29(7-2)20(5)22-13-10-14-24-23-11-8-9-12-25(23)27-30-32(28(29)31(27)26(22)24)21-16-18(3)15-19(4)17-21/h8-17,28H,5-7H2,1-4H3. The minimum atomic E-state index is -0.0964. The van der Waals surface area contributed by atoms with Gasteiger partial charge in [-0.1, -0.05) is 69.0 Å². The Morgan fingerprint density at radius 2 is 1.47 bits per heavy atom. The van der Waals surface area contributed by atoms with Crippen LogP contribution in [0.4, 0.5) is 11.4 Å². The molecule has 3 aliphatic heterocycles. The van der Waals surface area contributed by atoms with Gasteiger partial charge in [-0.3, -0.25) is 4.90 Å². The van der Waals surface area contributed by atoms with E-state index in [1.165, 1.54) is 44.6 Å². The summed E-state index contributed by atoms with van der Waals surface area (Å²) in [5.74, 6) is 1.06. The lowest BCUT2D eigenvalue weighted by atomic mass is 9.66. The summed E-state index contributed by atoms with van der Waals surface area (Å²) in [6.45, 7) is 13.7. The third kappa shape index (κ3) is 2.29. The van der Waals surface area contributed by atoms with E-state index in [0.717, 1.165) is 24.4 Å². The van der Waals surface area contributed by atoms with Gasteiger partial charge in [-0.15, -0.1) is 0 Å². The van der Waals surface area contributed by atoms with Crippen molar-refractivity contribution in [2.75, 3.05) is 9.91 Å². The van der Waals surface area contributed by atoms with Crippen molar-refractivity contribution in [3.8, 4) is 11.1 Å². The molecule has 0 amide bonds. The van der Waals surface area contributed by atoms with E-state index in [9.17, 15) is 0 Å². The van der Waals surface area contributed by atoms with Crippen LogP contribution in [0.25, 0.3) is 16.7 Å². The molecule has 3 heteroatoms. The minimum Gasteiger partial charge on any atom is -0.299 e. The minimum absolute atomic E-state index is 0.0724. The summed E-state index contributed by atoms with van der Waals surface area (Å²) < 4.78 is 0. The molecule has 0 radical (unpaired) electrons. The fraction of sp³-hybridized carbons (Fsp3) is 0.276. The second-order valence-electron chi connectivity index (χ2n) is 9.45. The van der Waals surface area contributed by atoms with Crippen molar-refractivity contribution in [1.82, 2.24) is 0 Å². The van der Waals surface area contributed by atoms with Crippen molar-refractivity contribution < 1.29 is 0 Å². The molecule has 3 aliphatic rings. The average Bonchev–Trinajstić information content (AvgIpc) is 3.21. The van der Waals surface area contributed by atoms with Crippen LogP contribution in [0.15, 0.2) is 72.3 Å². The fourth-order valence-corrected chi connectivity index (χ4v) is 6.25. The lowest BCUT2D eigenvalue weighted by Crippen LogP contribution is -2.57. The SMILES string of the molecule is C=C1c2cccc3c2N2C(=NN(c4cc(C)cc(C)c4)C2C1(CC)CC)c1ccccc1-3. The number of benzene rings is 3. The van der Waals surface area contributed by atoms with Gasteiger partial charge < -0.3 is 0 Å². The molecule has 3 aromatic carbocycles. The zero-order chi connectivity index (χ0) is 22.2. The Kier molecular flexibility index (Phi) is 3.98. The van der Waals surface area contributed by atoms with Crippen LogP contribution in [-0.2, 0) is 0 Å². The first-order chi connectivity index (χ1) is 15.5. The van der Waals surface area contributed by atoms with Crippen molar-refractivity contribution in [2.24, 2.45) is 10.5 Å². The van der Waals surface area contributed by atoms with Gasteiger partial charge in [-0.25, -0.2) is 5.01 Å². The Hall–Kier alpha value is -3.33. The van der Waals surface area contributed by atoms with Gasteiger partial charge >= 0.3 is 0 Å². The number of para-hydroxylation sites is 1. The maximum atomic E-state index is 5.35. The topological polar surface area (TPSA) is 18.8 Å². The number of nitrogens with zero attached hydrogens (tertiary/aromatic N) is 3. The van der Waals surface area contributed by atoms with Gasteiger partial charge in [0.25, 0.3) is 0 Å².